The molecule has 0 aliphatic heterocycles. The molecule has 0 saturated heterocycles. The van der Waals surface area contributed by atoms with Gasteiger partial charge in [0.15, 0.2) is 0 Å². The fraction of sp³-hybridized carbons (Fsp3) is 0.111. The van der Waals surface area contributed by atoms with Crippen molar-refractivity contribution < 1.29 is 4.39 Å². The van der Waals surface area contributed by atoms with Crippen molar-refractivity contribution in [3.63, 3.8) is 0 Å². The van der Waals surface area contributed by atoms with E-state index in [0.29, 0.717) is 10.9 Å². The molecular weight excluding hydrogens is 207 g/mol. The monoisotopic (exact) mass is 212 g/mol. The molecule has 11 heavy (non-hydrogen) atoms. The first-order chi connectivity index (χ1) is 5.26. The summed E-state index contributed by atoms with van der Waals surface area (Å²) in [4.78, 5) is 0. The number of hydrogen-bond donors (Lipinski definition) is 0. The van der Waals surface area contributed by atoms with Crippen LogP contribution in [-0.4, -0.2) is 0 Å². The van der Waals surface area contributed by atoms with E-state index in [0.717, 1.165) is 5.56 Å². The van der Waals surface area contributed by atoms with Crippen LogP contribution in [0.2, 0.25) is 0 Å². The van der Waals surface area contributed by atoms with Gasteiger partial charge in [-0.3, -0.25) is 0 Å². The fourth-order valence-corrected chi connectivity index (χ4v) is 1.13. The van der Waals surface area contributed by atoms with Gasteiger partial charge >= 0.3 is 0 Å². The van der Waals surface area contributed by atoms with Crippen LogP contribution >= 0.6 is 15.9 Å². The Bertz CT molecular complexity index is 299. The summed E-state index contributed by atoms with van der Waals surface area (Å²) in [5.74, 6) is 2.10. The lowest BCUT2D eigenvalue weighted by atomic mass is 10.1. The number of rotatable bonds is 1. The van der Waals surface area contributed by atoms with Gasteiger partial charge in [0.05, 0.1) is 0 Å². The minimum absolute atomic E-state index is 0.282. The molecule has 0 aliphatic rings. The van der Waals surface area contributed by atoms with Crippen LogP contribution in [0.4, 0.5) is 4.39 Å². The first-order valence-corrected chi connectivity index (χ1v) is 4.20. The number of hydrogen-bond acceptors (Lipinski definition) is 0. The zero-order chi connectivity index (χ0) is 8.27. The molecule has 0 radical (unpaired) electrons. The van der Waals surface area contributed by atoms with Crippen molar-refractivity contribution in [1.82, 2.24) is 0 Å². The molecule has 0 unspecified atom stereocenters. The van der Waals surface area contributed by atoms with E-state index < -0.39 is 0 Å². The molecule has 0 fully saturated rings. The maximum Gasteiger partial charge on any atom is 0.124 e. The molecule has 0 spiro atoms. The first kappa shape index (κ1) is 8.29. The van der Waals surface area contributed by atoms with Crippen molar-refractivity contribution in [2.75, 3.05) is 0 Å². The third kappa shape index (κ3) is 2.06. The molecule has 0 amide bonds. The van der Waals surface area contributed by atoms with E-state index in [1.54, 1.807) is 6.07 Å². The average Bonchev–Trinajstić information content (AvgIpc) is 2.03. The highest BCUT2D eigenvalue weighted by Crippen LogP contribution is 2.10. The van der Waals surface area contributed by atoms with Gasteiger partial charge in [-0.05, 0) is 23.8 Å². The quantitative estimate of drug-likeness (QED) is 0.497. The Balaban J connectivity index is 3.15. The average molecular weight is 213 g/mol. The molecule has 0 N–H and O–H groups in total. The number of benzene rings is 1. The normalized spacial score (nSPS) is 9.18. The van der Waals surface area contributed by atoms with Gasteiger partial charge in [0, 0.05) is 10.9 Å². The maximum absolute atomic E-state index is 12.7. The summed E-state index contributed by atoms with van der Waals surface area (Å²) < 4.78 is 12.7. The topological polar surface area (TPSA) is 0 Å². The van der Waals surface area contributed by atoms with Crippen LogP contribution in [0.25, 0.3) is 0 Å². The predicted molar refractivity (Wildman–Crippen MR) is 47.0 cm³/mol. The summed E-state index contributed by atoms with van der Waals surface area (Å²) >= 11 is 3.22. The Morgan fingerprint density at radius 2 is 2.18 bits per heavy atom. The molecule has 0 nitrogen and oxygen atoms in total. The van der Waals surface area contributed by atoms with Crippen LogP contribution in [-0.2, 0) is 5.33 Å². The van der Waals surface area contributed by atoms with Gasteiger partial charge < -0.3 is 0 Å². The summed E-state index contributed by atoms with van der Waals surface area (Å²) in [6.45, 7) is 0. The maximum atomic E-state index is 12.7. The number of terminal acetylenes is 1. The minimum Gasteiger partial charge on any atom is -0.207 e. The van der Waals surface area contributed by atoms with Gasteiger partial charge in [0.25, 0.3) is 0 Å². The Morgan fingerprint density at radius 3 is 2.73 bits per heavy atom. The largest absolute Gasteiger partial charge is 0.207 e. The van der Waals surface area contributed by atoms with Crippen molar-refractivity contribution >= 4 is 15.9 Å². The van der Waals surface area contributed by atoms with Crippen LogP contribution in [0, 0.1) is 18.2 Å². The molecule has 0 heterocycles. The second-order valence-corrected chi connectivity index (χ2v) is 2.69. The van der Waals surface area contributed by atoms with Crippen LogP contribution < -0.4 is 0 Å². The summed E-state index contributed by atoms with van der Waals surface area (Å²) in [6, 6.07) is 4.57. The third-order valence-corrected chi connectivity index (χ3v) is 1.93. The van der Waals surface area contributed by atoms with Crippen molar-refractivity contribution in [1.29, 1.82) is 0 Å². The SMILES string of the molecule is C#Cc1cc(F)cc(CBr)c1. The zero-order valence-electron chi connectivity index (χ0n) is 5.77. The summed E-state index contributed by atoms with van der Waals surface area (Å²) in [6.07, 6.45) is 5.11. The van der Waals surface area contributed by atoms with Crippen LogP contribution in [0.3, 0.4) is 0 Å². The second kappa shape index (κ2) is 3.54. The van der Waals surface area contributed by atoms with Crippen LogP contribution in [0.1, 0.15) is 11.1 Å². The molecule has 0 aliphatic carbocycles. The van der Waals surface area contributed by atoms with Crippen molar-refractivity contribution in [2.24, 2.45) is 0 Å². The second-order valence-electron chi connectivity index (χ2n) is 2.13. The Kier molecular flexibility index (Phi) is 2.67. The molecule has 0 aromatic heterocycles. The molecule has 0 bridgehead atoms. The molecule has 1 aromatic rings. The lowest BCUT2D eigenvalue weighted by Crippen LogP contribution is -1.83. The summed E-state index contributed by atoms with van der Waals surface area (Å²) in [7, 11) is 0. The Hall–Kier alpha value is -0.810. The van der Waals surface area contributed by atoms with E-state index in [1.807, 2.05) is 0 Å². The van der Waals surface area contributed by atoms with Gasteiger partial charge in [-0.15, -0.1) is 6.42 Å². The van der Waals surface area contributed by atoms with Crippen molar-refractivity contribution in [3.05, 3.63) is 35.1 Å². The van der Waals surface area contributed by atoms with Crippen LogP contribution in [0.15, 0.2) is 18.2 Å². The van der Waals surface area contributed by atoms with E-state index in [-0.39, 0.29) is 5.82 Å². The highest BCUT2D eigenvalue weighted by atomic mass is 79.9. The molecular formula is C9H6BrF. The minimum atomic E-state index is -0.282. The summed E-state index contributed by atoms with van der Waals surface area (Å²) in [5.41, 5.74) is 1.44. The van der Waals surface area contributed by atoms with E-state index in [4.69, 9.17) is 6.42 Å². The smallest absolute Gasteiger partial charge is 0.124 e. The molecule has 56 valence electrons. The van der Waals surface area contributed by atoms with Gasteiger partial charge in [-0.25, -0.2) is 4.39 Å². The first-order valence-electron chi connectivity index (χ1n) is 3.08. The van der Waals surface area contributed by atoms with E-state index in [1.165, 1.54) is 12.1 Å². The van der Waals surface area contributed by atoms with Gasteiger partial charge in [-0.2, -0.15) is 0 Å². The highest BCUT2D eigenvalue weighted by molar-refractivity contribution is 9.08. The molecule has 2 heteroatoms. The van der Waals surface area contributed by atoms with Gasteiger partial charge in [-0.1, -0.05) is 21.9 Å². The molecule has 0 atom stereocenters. The van der Waals surface area contributed by atoms with E-state index in [2.05, 4.69) is 21.9 Å². The number of halogens is 2. The predicted octanol–water partition coefficient (Wildman–Crippen LogP) is 2.70. The van der Waals surface area contributed by atoms with E-state index >= 15 is 0 Å². The number of alkyl halides is 1. The Morgan fingerprint density at radius 1 is 1.45 bits per heavy atom. The lowest BCUT2D eigenvalue weighted by molar-refractivity contribution is 0.626. The fourth-order valence-electron chi connectivity index (χ4n) is 0.811. The zero-order valence-corrected chi connectivity index (χ0v) is 7.36. The molecule has 1 aromatic carbocycles. The Labute approximate surface area is 73.6 Å². The summed E-state index contributed by atoms with van der Waals surface area (Å²) in [5, 5.41) is 0.624. The molecule has 1 rings (SSSR count). The lowest BCUT2D eigenvalue weighted by Gasteiger charge is -1.96. The van der Waals surface area contributed by atoms with Gasteiger partial charge in [0.1, 0.15) is 5.82 Å². The van der Waals surface area contributed by atoms with Crippen LogP contribution in [0.5, 0.6) is 0 Å². The standard InChI is InChI=1S/C9H6BrF/c1-2-7-3-8(6-10)5-9(11)4-7/h1,3-5H,6H2. The van der Waals surface area contributed by atoms with Crippen molar-refractivity contribution in [3.8, 4) is 12.3 Å². The third-order valence-electron chi connectivity index (χ3n) is 1.28. The molecule has 0 saturated carbocycles. The highest BCUT2D eigenvalue weighted by Gasteiger charge is 1.96. The van der Waals surface area contributed by atoms with Crippen molar-refractivity contribution in [2.45, 2.75) is 5.33 Å². The van der Waals surface area contributed by atoms with Gasteiger partial charge in [0.2, 0.25) is 0 Å². The van der Waals surface area contributed by atoms with E-state index in [9.17, 15) is 4.39 Å².